The molecule has 1 rings (SSSR count). The van der Waals surface area contributed by atoms with Gasteiger partial charge in [0.25, 0.3) is 0 Å². The smallest absolute Gasteiger partial charge is 0.338 e. The first kappa shape index (κ1) is 27.8. The molecular weight excluding hydrogens is 438 g/mol. The number of nitrogens with two attached hydrogens (primary N) is 4. The first-order valence-corrected chi connectivity index (χ1v) is 10.2. The Labute approximate surface area is 189 Å². The molecule has 2 amide bonds. The highest BCUT2D eigenvalue weighted by molar-refractivity contribution is 6.18. The van der Waals surface area contributed by atoms with Crippen molar-refractivity contribution in [1.82, 2.24) is 14.9 Å². The van der Waals surface area contributed by atoms with Gasteiger partial charge in [0.1, 0.15) is 0 Å². The molecule has 0 spiro atoms. The van der Waals surface area contributed by atoms with Crippen LogP contribution in [0.4, 0.5) is 0 Å². The topological polar surface area (TPSA) is 262 Å². The van der Waals surface area contributed by atoms with Gasteiger partial charge in [-0.25, -0.2) is 9.78 Å². The summed E-state index contributed by atoms with van der Waals surface area (Å²) in [5.74, 6) is -7.01. The first-order valence-electron chi connectivity index (χ1n) is 10.2. The number of imidazole rings is 1. The van der Waals surface area contributed by atoms with E-state index in [1.165, 1.54) is 19.4 Å². The molecule has 0 aliphatic rings. The molecule has 1 heterocycles. The maximum absolute atomic E-state index is 13.3. The van der Waals surface area contributed by atoms with Crippen LogP contribution in [0.25, 0.3) is 0 Å². The van der Waals surface area contributed by atoms with Crippen LogP contribution in [-0.2, 0) is 30.4 Å². The molecule has 1 aromatic rings. The van der Waals surface area contributed by atoms with Gasteiger partial charge in [0.2, 0.25) is 17.4 Å². The monoisotopic (exact) mass is 469 g/mol. The molecule has 0 saturated heterocycles. The zero-order valence-corrected chi connectivity index (χ0v) is 18.3. The summed E-state index contributed by atoms with van der Waals surface area (Å²) in [7, 11) is 0. The molecule has 184 valence electrons. The van der Waals surface area contributed by atoms with Gasteiger partial charge < -0.3 is 38.1 Å². The summed E-state index contributed by atoms with van der Waals surface area (Å²) in [6, 6.07) is -4.66. The lowest BCUT2D eigenvalue weighted by Gasteiger charge is -2.41. The Hall–Kier alpha value is -3.20. The quantitative estimate of drug-likeness (QED) is 0.108. The van der Waals surface area contributed by atoms with Crippen LogP contribution >= 0.6 is 0 Å². The molecule has 0 radical (unpaired) electrons. The lowest BCUT2D eigenvalue weighted by atomic mass is 9.80. The summed E-state index contributed by atoms with van der Waals surface area (Å²) in [6.07, 6.45) is 1.36. The number of aromatic nitrogens is 2. The molecule has 33 heavy (non-hydrogen) atoms. The molecule has 4 atom stereocenters. The van der Waals surface area contributed by atoms with Crippen molar-refractivity contribution in [3.63, 3.8) is 0 Å². The van der Waals surface area contributed by atoms with Crippen molar-refractivity contribution in [2.45, 2.75) is 62.7 Å². The minimum Gasteiger partial charge on any atom is -0.481 e. The normalized spacial score (nSPS) is 15.7. The van der Waals surface area contributed by atoms with Gasteiger partial charge in [0, 0.05) is 18.3 Å². The summed E-state index contributed by atoms with van der Waals surface area (Å²) in [5.41, 5.74) is 20.4. The number of H-pyrrole nitrogens is 1. The molecule has 14 heteroatoms. The predicted molar refractivity (Wildman–Crippen MR) is 114 cm³/mol. The zero-order valence-electron chi connectivity index (χ0n) is 18.3. The number of imide groups is 1. The molecule has 0 fully saturated rings. The second kappa shape index (κ2) is 12.2. The zero-order chi connectivity index (χ0) is 25.3. The number of Topliss-reactive ketones (excluding diaryl/α,β-unsaturated/α-hetero) is 1. The summed E-state index contributed by atoms with van der Waals surface area (Å²) in [5, 5.41) is 19.2. The third kappa shape index (κ3) is 6.64. The summed E-state index contributed by atoms with van der Waals surface area (Å²) < 4.78 is 0. The predicted octanol–water partition coefficient (Wildman–Crippen LogP) is -2.69. The number of aromatic amines is 1. The van der Waals surface area contributed by atoms with E-state index in [2.05, 4.69) is 9.97 Å². The molecule has 0 bridgehead atoms. The van der Waals surface area contributed by atoms with E-state index in [4.69, 9.17) is 28.0 Å². The number of hydrogen-bond acceptors (Lipinski definition) is 10. The highest BCUT2D eigenvalue weighted by Gasteiger charge is 2.57. The number of rotatable bonds is 14. The van der Waals surface area contributed by atoms with E-state index < -0.39 is 66.0 Å². The molecular formula is C19H31N7O7. The fourth-order valence-corrected chi connectivity index (χ4v) is 3.34. The van der Waals surface area contributed by atoms with E-state index in [-0.39, 0.29) is 30.7 Å². The number of ketones is 1. The molecule has 0 saturated carbocycles. The minimum atomic E-state index is -2.82. The Morgan fingerprint density at radius 2 is 1.73 bits per heavy atom. The molecule has 4 unspecified atom stereocenters. The van der Waals surface area contributed by atoms with E-state index in [1.807, 2.05) is 0 Å². The second-order valence-electron chi connectivity index (χ2n) is 7.67. The first-order chi connectivity index (χ1) is 15.4. The number of nitrogens with one attached hydrogen (secondary N) is 1. The van der Waals surface area contributed by atoms with Gasteiger partial charge in [-0.2, -0.15) is 0 Å². The summed E-state index contributed by atoms with van der Waals surface area (Å²) in [6.45, 7) is 1.34. The lowest BCUT2D eigenvalue weighted by molar-refractivity contribution is -0.173. The van der Waals surface area contributed by atoms with Gasteiger partial charge in [-0.3, -0.25) is 24.1 Å². The maximum Gasteiger partial charge on any atom is 0.338 e. The Balaban J connectivity index is 3.63. The minimum absolute atomic E-state index is 0.0140. The summed E-state index contributed by atoms with van der Waals surface area (Å²) >= 11 is 0. The fourth-order valence-electron chi connectivity index (χ4n) is 3.34. The van der Waals surface area contributed by atoms with Gasteiger partial charge in [-0.1, -0.05) is 0 Å². The van der Waals surface area contributed by atoms with Crippen LogP contribution in [-0.4, -0.2) is 84.8 Å². The largest absolute Gasteiger partial charge is 0.481 e. The number of unbranched alkanes of at least 4 members (excludes halogenated alkanes) is 1. The Morgan fingerprint density at radius 1 is 1.09 bits per heavy atom. The Morgan fingerprint density at radius 3 is 2.18 bits per heavy atom. The SMILES string of the molecule is CC(N)C(=O)N(C(=O)C(N)Cc1cnc[nH]1)C(CCCCN)(C(=O)O)C(=O)C(N)CC(=O)O. The van der Waals surface area contributed by atoms with Crippen LogP contribution in [0.3, 0.4) is 0 Å². The van der Waals surface area contributed by atoms with Crippen molar-refractivity contribution >= 4 is 29.5 Å². The molecule has 0 aliphatic heterocycles. The van der Waals surface area contributed by atoms with Crippen molar-refractivity contribution in [2.75, 3.05) is 6.54 Å². The van der Waals surface area contributed by atoms with E-state index >= 15 is 0 Å². The average Bonchev–Trinajstić information content (AvgIpc) is 3.24. The highest BCUT2D eigenvalue weighted by Crippen LogP contribution is 2.29. The number of carbonyl (C=O) groups is 5. The van der Waals surface area contributed by atoms with Crippen molar-refractivity contribution in [2.24, 2.45) is 22.9 Å². The maximum atomic E-state index is 13.3. The Bertz CT molecular complexity index is 859. The average molecular weight is 469 g/mol. The van der Waals surface area contributed by atoms with E-state index in [0.29, 0.717) is 5.69 Å². The molecule has 0 aliphatic carbocycles. The highest BCUT2D eigenvalue weighted by atomic mass is 16.4. The summed E-state index contributed by atoms with van der Waals surface area (Å²) in [4.78, 5) is 70.1. The van der Waals surface area contributed by atoms with Gasteiger partial charge in [0.05, 0.1) is 30.9 Å². The number of hydrogen-bond donors (Lipinski definition) is 7. The number of carboxylic acid groups (broad SMARTS) is 2. The van der Waals surface area contributed by atoms with Crippen LogP contribution in [0.15, 0.2) is 12.5 Å². The third-order valence-electron chi connectivity index (χ3n) is 5.01. The number of carbonyl (C=O) groups excluding carboxylic acids is 3. The van der Waals surface area contributed by atoms with E-state index in [1.54, 1.807) is 0 Å². The van der Waals surface area contributed by atoms with Gasteiger partial charge in [-0.15, -0.1) is 0 Å². The van der Waals surface area contributed by atoms with E-state index in [9.17, 15) is 29.1 Å². The van der Waals surface area contributed by atoms with Gasteiger partial charge in [0.15, 0.2) is 5.78 Å². The van der Waals surface area contributed by atoms with Crippen LogP contribution in [0.2, 0.25) is 0 Å². The number of amides is 2. The fraction of sp³-hybridized carbons (Fsp3) is 0.579. The van der Waals surface area contributed by atoms with Crippen molar-refractivity contribution < 1.29 is 34.2 Å². The van der Waals surface area contributed by atoms with Gasteiger partial charge >= 0.3 is 11.9 Å². The van der Waals surface area contributed by atoms with Crippen LogP contribution in [0.5, 0.6) is 0 Å². The van der Waals surface area contributed by atoms with E-state index in [0.717, 1.165) is 0 Å². The van der Waals surface area contributed by atoms with Gasteiger partial charge in [-0.05, 0) is 32.7 Å². The van der Waals surface area contributed by atoms with Crippen molar-refractivity contribution in [3.05, 3.63) is 18.2 Å². The number of carboxylic acids is 2. The Kier molecular flexibility index (Phi) is 10.2. The molecule has 0 aromatic carbocycles. The van der Waals surface area contributed by atoms with Crippen molar-refractivity contribution in [1.29, 1.82) is 0 Å². The second-order valence-corrected chi connectivity index (χ2v) is 7.67. The number of nitrogens with zero attached hydrogens (tertiary/aromatic N) is 2. The van der Waals surface area contributed by atoms with Crippen LogP contribution in [0.1, 0.15) is 38.3 Å². The van der Waals surface area contributed by atoms with Crippen molar-refractivity contribution in [3.8, 4) is 0 Å². The van der Waals surface area contributed by atoms with Crippen LogP contribution in [0, 0.1) is 0 Å². The third-order valence-corrected chi connectivity index (χ3v) is 5.01. The molecule has 14 nitrogen and oxygen atoms in total. The van der Waals surface area contributed by atoms with Crippen LogP contribution < -0.4 is 22.9 Å². The molecule has 1 aromatic heterocycles. The standard InChI is InChI=1S/C19H31N7O7/c1-10(21)16(30)26(17(31)13(23)6-11-8-24-9-25-11)19(18(32)33,4-2-3-5-20)15(29)12(22)7-14(27)28/h8-10,12-13H,2-7,20-23H2,1H3,(H,24,25)(H,27,28)(H,32,33). The molecule has 11 N–H and O–H groups in total. The number of aliphatic carboxylic acids is 2. The lowest BCUT2D eigenvalue weighted by Crippen LogP contribution is -2.71.